The van der Waals surface area contributed by atoms with Gasteiger partial charge in [0, 0.05) is 25.1 Å². The van der Waals surface area contributed by atoms with Crippen LogP contribution < -0.4 is 14.8 Å². The molecule has 0 aliphatic carbocycles. The van der Waals surface area contributed by atoms with Crippen LogP contribution in [-0.2, 0) is 22.9 Å². The second kappa shape index (κ2) is 8.33. The second-order valence-corrected chi connectivity index (χ2v) is 11.5. The third kappa shape index (κ3) is 4.10. The van der Waals surface area contributed by atoms with E-state index in [1.165, 1.54) is 17.2 Å². The summed E-state index contributed by atoms with van der Waals surface area (Å²) in [6.45, 7) is 5.85. The zero-order chi connectivity index (χ0) is 23.2. The third-order valence-electron chi connectivity index (χ3n) is 6.54. The fourth-order valence-electron chi connectivity index (χ4n) is 4.90. The first-order valence-electron chi connectivity index (χ1n) is 11.6. The first kappa shape index (κ1) is 22.2. The number of amides is 1. The van der Waals surface area contributed by atoms with E-state index in [0.29, 0.717) is 6.42 Å². The summed E-state index contributed by atoms with van der Waals surface area (Å²) in [5, 5.41) is 3.43. The van der Waals surface area contributed by atoms with Crippen molar-refractivity contribution in [1.29, 1.82) is 0 Å². The van der Waals surface area contributed by atoms with Crippen LogP contribution in [0.3, 0.4) is 0 Å². The average Bonchev–Trinajstić information content (AvgIpc) is 3.21. The quantitative estimate of drug-likeness (QED) is 0.625. The maximum atomic E-state index is 12.6. The fourth-order valence-corrected chi connectivity index (χ4v) is 6.51. The molecular formula is C25H30N2O5S. The number of aryl methyl sites for hydroxylation is 1. The molecule has 0 saturated heterocycles. The minimum Gasteiger partial charge on any atom is -0.485 e. The molecule has 33 heavy (non-hydrogen) atoms. The van der Waals surface area contributed by atoms with E-state index >= 15 is 0 Å². The van der Waals surface area contributed by atoms with Crippen molar-refractivity contribution >= 4 is 15.9 Å². The maximum absolute atomic E-state index is 12.6. The van der Waals surface area contributed by atoms with Gasteiger partial charge in [0.05, 0.1) is 5.56 Å². The first-order chi connectivity index (χ1) is 15.8. The van der Waals surface area contributed by atoms with E-state index in [1.807, 2.05) is 0 Å². The Labute approximate surface area is 195 Å². The molecule has 0 bridgehead atoms. The van der Waals surface area contributed by atoms with Gasteiger partial charge in [-0.15, -0.1) is 0 Å². The number of nitrogens with zero attached hydrogens (tertiary/aromatic N) is 1. The lowest BCUT2D eigenvalue weighted by Gasteiger charge is -2.28. The molecule has 3 aliphatic heterocycles. The minimum atomic E-state index is -3.72. The van der Waals surface area contributed by atoms with E-state index in [9.17, 15) is 13.2 Å². The number of ether oxygens (including phenoxy) is 2. The Morgan fingerprint density at radius 3 is 2.70 bits per heavy atom. The number of benzene rings is 2. The highest BCUT2D eigenvalue weighted by Crippen LogP contribution is 2.46. The van der Waals surface area contributed by atoms with Gasteiger partial charge in [-0.2, -0.15) is 0 Å². The molecular weight excluding hydrogens is 440 g/mol. The van der Waals surface area contributed by atoms with E-state index < -0.39 is 15.9 Å². The largest absolute Gasteiger partial charge is 0.485 e. The van der Waals surface area contributed by atoms with Gasteiger partial charge < -0.3 is 14.8 Å². The number of carbonyl (C=O) groups is 1. The standard InChI is InChI=1S/C25H30N2O5S/c1-25(2)15-18-10-9-17-11-12-19(31-22(17)23(18)32-25)16-26-13-5-6-14-27-24(28)20-7-3-4-8-21(20)33(27,29)30/h3-4,7-10,19,26H,5-6,11-16H2,1-2H3. The molecule has 2 aromatic carbocycles. The molecule has 0 spiro atoms. The molecule has 2 aromatic rings. The van der Waals surface area contributed by atoms with Gasteiger partial charge in [-0.25, -0.2) is 12.7 Å². The smallest absolute Gasteiger partial charge is 0.269 e. The molecule has 0 fully saturated rings. The molecule has 7 nitrogen and oxygen atoms in total. The Balaban J connectivity index is 1.09. The highest BCUT2D eigenvalue weighted by molar-refractivity contribution is 7.90. The van der Waals surface area contributed by atoms with E-state index in [-0.39, 0.29) is 28.7 Å². The topological polar surface area (TPSA) is 84.9 Å². The average molecular weight is 471 g/mol. The van der Waals surface area contributed by atoms with Gasteiger partial charge in [0.15, 0.2) is 11.5 Å². The molecule has 1 atom stereocenters. The summed E-state index contributed by atoms with van der Waals surface area (Å²) in [5.41, 5.74) is 2.49. The number of fused-ring (bicyclic) bond motifs is 4. The van der Waals surface area contributed by atoms with E-state index in [4.69, 9.17) is 9.47 Å². The van der Waals surface area contributed by atoms with Gasteiger partial charge in [0.2, 0.25) is 0 Å². The third-order valence-corrected chi connectivity index (χ3v) is 8.38. The number of carbonyl (C=O) groups excluding carboxylic acids is 1. The Hall–Kier alpha value is -2.58. The number of hydrogen-bond donors (Lipinski definition) is 1. The van der Waals surface area contributed by atoms with Crippen LogP contribution in [0.2, 0.25) is 0 Å². The number of rotatable bonds is 7. The molecule has 5 rings (SSSR count). The van der Waals surface area contributed by atoms with Crippen LogP contribution in [0.4, 0.5) is 0 Å². The lowest BCUT2D eigenvalue weighted by Crippen LogP contribution is -2.35. The zero-order valence-corrected chi connectivity index (χ0v) is 19.9. The highest BCUT2D eigenvalue weighted by Gasteiger charge is 2.40. The molecule has 1 N–H and O–H groups in total. The molecule has 1 unspecified atom stereocenters. The van der Waals surface area contributed by atoms with Crippen LogP contribution in [-0.4, -0.2) is 50.0 Å². The number of nitrogens with one attached hydrogen (secondary N) is 1. The van der Waals surface area contributed by atoms with Crippen LogP contribution in [0.15, 0.2) is 41.3 Å². The van der Waals surface area contributed by atoms with Crippen molar-refractivity contribution < 1.29 is 22.7 Å². The van der Waals surface area contributed by atoms with Crippen LogP contribution in [0.5, 0.6) is 11.5 Å². The molecule has 0 radical (unpaired) electrons. The molecule has 176 valence electrons. The summed E-state index contributed by atoms with van der Waals surface area (Å²) in [5.74, 6) is 1.37. The summed E-state index contributed by atoms with van der Waals surface area (Å²) in [6, 6.07) is 10.7. The Kier molecular flexibility index (Phi) is 5.61. The van der Waals surface area contributed by atoms with Gasteiger partial charge in [-0.05, 0) is 63.8 Å². The maximum Gasteiger partial charge on any atom is 0.269 e. The predicted octanol–water partition coefficient (Wildman–Crippen LogP) is 3.31. The molecule has 3 heterocycles. The lowest BCUT2D eigenvalue weighted by molar-refractivity contribution is 0.0869. The Morgan fingerprint density at radius 1 is 1.09 bits per heavy atom. The monoisotopic (exact) mass is 470 g/mol. The van der Waals surface area contributed by atoms with E-state index in [1.54, 1.807) is 18.2 Å². The van der Waals surface area contributed by atoms with Crippen LogP contribution in [0.25, 0.3) is 0 Å². The van der Waals surface area contributed by atoms with Crippen LogP contribution >= 0.6 is 0 Å². The molecule has 1 amide bonds. The summed E-state index contributed by atoms with van der Waals surface area (Å²) in [7, 11) is -3.72. The van der Waals surface area contributed by atoms with Crippen molar-refractivity contribution in [3.05, 3.63) is 53.1 Å². The van der Waals surface area contributed by atoms with E-state index in [0.717, 1.165) is 54.6 Å². The van der Waals surface area contributed by atoms with Crippen molar-refractivity contribution in [1.82, 2.24) is 9.62 Å². The summed E-state index contributed by atoms with van der Waals surface area (Å²) in [4.78, 5) is 12.6. The number of unbranched alkanes of at least 4 members (excludes halogenated alkanes) is 1. The van der Waals surface area contributed by atoms with Gasteiger partial charge in [-0.1, -0.05) is 24.3 Å². The summed E-state index contributed by atoms with van der Waals surface area (Å²) >= 11 is 0. The highest BCUT2D eigenvalue weighted by atomic mass is 32.2. The summed E-state index contributed by atoms with van der Waals surface area (Å²) < 4.78 is 38.7. The molecule has 0 aromatic heterocycles. The van der Waals surface area contributed by atoms with E-state index in [2.05, 4.69) is 31.3 Å². The van der Waals surface area contributed by atoms with Crippen LogP contribution in [0.1, 0.15) is 54.6 Å². The minimum absolute atomic E-state index is 0.0753. The van der Waals surface area contributed by atoms with Crippen molar-refractivity contribution in [2.45, 2.75) is 62.6 Å². The number of sulfonamides is 1. The Bertz CT molecular complexity index is 1190. The second-order valence-electron chi connectivity index (χ2n) is 9.65. The Morgan fingerprint density at radius 2 is 1.88 bits per heavy atom. The zero-order valence-electron chi connectivity index (χ0n) is 19.1. The molecule has 3 aliphatic rings. The van der Waals surface area contributed by atoms with Gasteiger partial charge in [0.1, 0.15) is 16.6 Å². The summed E-state index contributed by atoms with van der Waals surface area (Å²) in [6.07, 6.45) is 4.26. The SMILES string of the molecule is CC1(C)Cc2ccc3c(c2O1)OC(CNCCCCN1C(=O)c2ccccc2S1(=O)=O)CC3. The van der Waals surface area contributed by atoms with Crippen molar-refractivity contribution in [3.8, 4) is 11.5 Å². The van der Waals surface area contributed by atoms with Gasteiger partial charge >= 0.3 is 0 Å². The lowest BCUT2D eigenvalue weighted by atomic mass is 9.97. The van der Waals surface area contributed by atoms with Crippen molar-refractivity contribution in [3.63, 3.8) is 0 Å². The van der Waals surface area contributed by atoms with Crippen molar-refractivity contribution in [2.75, 3.05) is 19.6 Å². The van der Waals surface area contributed by atoms with Crippen LogP contribution in [0, 0.1) is 0 Å². The number of hydrogen-bond acceptors (Lipinski definition) is 6. The predicted molar refractivity (Wildman–Crippen MR) is 124 cm³/mol. The molecule has 8 heteroatoms. The van der Waals surface area contributed by atoms with Crippen molar-refractivity contribution in [2.24, 2.45) is 0 Å². The first-order valence-corrected chi connectivity index (χ1v) is 13.1. The van der Waals surface area contributed by atoms with Gasteiger partial charge in [0.25, 0.3) is 15.9 Å². The molecule has 0 saturated carbocycles. The van der Waals surface area contributed by atoms with Gasteiger partial charge in [-0.3, -0.25) is 4.79 Å². The fraction of sp³-hybridized carbons (Fsp3) is 0.480. The normalized spacial score (nSPS) is 21.7.